The summed E-state index contributed by atoms with van der Waals surface area (Å²) in [6.07, 6.45) is 1.72. The fourth-order valence-electron chi connectivity index (χ4n) is 1.80. The predicted molar refractivity (Wildman–Crippen MR) is 68.1 cm³/mol. The van der Waals surface area contributed by atoms with Crippen LogP contribution in [0.4, 0.5) is 0 Å². The zero-order chi connectivity index (χ0) is 11.1. The molecule has 0 saturated heterocycles. The summed E-state index contributed by atoms with van der Waals surface area (Å²) in [5.74, 6) is 0. The van der Waals surface area contributed by atoms with Crippen LogP contribution in [0, 0.1) is 6.92 Å². The molecule has 0 atom stereocenters. The third-order valence-electron chi connectivity index (χ3n) is 2.60. The van der Waals surface area contributed by atoms with Crippen molar-refractivity contribution in [1.29, 1.82) is 0 Å². The van der Waals surface area contributed by atoms with E-state index in [1.54, 1.807) is 23.6 Å². The monoisotopic (exact) mass is 227 g/mol. The Bertz CT molecular complexity index is 746. The average Bonchev–Trinajstić information content (AvgIpc) is 2.29. The molecule has 3 aromatic rings. The normalized spacial score (nSPS) is 11.1. The van der Waals surface area contributed by atoms with Crippen LogP contribution in [0.3, 0.4) is 0 Å². The Morgan fingerprint density at radius 2 is 2.06 bits per heavy atom. The van der Waals surface area contributed by atoms with E-state index in [2.05, 4.69) is 4.98 Å². The highest BCUT2D eigenvalue weighted by Crippen LogP contribution is 2.23. The molecule has 0 radical (unpaired) electrons. The molecule has 0 spiro atoms. The maximum Gasteiger partial charge on any atom is 0.197 e. The first-order chi connectivity index (χ1) is 7.75. The molecule has 0 bridgehead atoms. The molecule has 2 aromatic heterocycles. The van der Waals surface area contributed by atoms with Crippen LogP contribution in [0.5, 0.6) is 0 Å². The van der Waals surface area contributed by atoms with Crippen molar-refractivity contribution in [3.05, 3.63) is 52.3 Å². The molecule has 0 fully saturated rings. The van der Waals surface area contributed by atoms with Crippen LogP contribution in [-0.2, 0) is 0 Å². The first-order valence-corrected chi connectivity index (χ1v) is 5.85. The molecule has 0 unspecified atom stereocenters. The number of aromatic nitrogens is 1. The summed E-state index contributed by atoms with van der Waals surface area (Å²) in [6, 6.07) is 9.54. The van der Waals surface area contributed by atoms with Gasteiger partial charge in [-0.05, 0) is 36.8 Å². The Labute approximate surface area is 96.2 Å². The van der Waals surface area contributed by atoms with Crippen molar-refractivity contribution < 1.29 is 0 Å². The zero-order valence-corrected chi connectivity index (χ0v) is 9.54. The minimum atomic E-state index is 0.0804. The molecule has 0 saturated carbocycles. The minimum Gasteiger partial charge on any atom is -0.288 e. The van der Waals surface area contributed by atoms with Crippen LogP contribution in [-0.4, -0.2) is 4.98 Å². The summed E-state index contributed by atoms with van der Waals surface area (Å²) >= 11 is 1.57. The van der Waals surface area contributed by atoms with Gasteiger partial charge in [0.05, 0.1) is 5.39 Å². The number of aryl methyl sites for hydroxylation is 1. The number of rotatable bonds is 0. The van der Waals surface area contributed by atoms with Crippen LogP contribution >= 0.6 is 11.3 Å². The second kappa shape index (κ2) is 3.39. The summed E-state index contributed by atoms with van der Waals surface area (Å²) in [7, 11) is 0. The Balaban J connectivity index is 2.61. The van der Waals surface area contributed by atoms with E-state index in [9.17, 15) is 4.79 Å². The van der Waals surface area contributed by atoms with Crippen molar-refractivity contribution in [2.45, 2.75) is 6.92 Å². The van der Waals surface area contributed by atoms with Crippen LogP contribution in [0.1, 0.15) is 5.56 Å². The zero-order valence-electron chi connectivity index (χ0n) is 8.73. The summed E-state index contributed by atoms with van der Waals surface area (Å²) < 4.78 is 1.01. The molecule has 0 aliphatic carbocycles. The van der Waals surface area contributed by atoms with Crippen molar-refractivity contribution in [2.24, 2.45) is 0 Å². The highest BCUT2D eigenvalue weighted by Gasteiger charge is 2.05. The molecule has 3 rings (SSSR count). The van der Waals surface area contributed by atoms with E-state index in [4.69, 9.17) is 0 Å². The smallest absolute Gasteiger partial charge is 0.197 e. The largest absolute Gasteiger partial charge is 0.288 e. The highest BCUT2D eigenvalue weighted by molar-refractivity contribution is 7.24. The van der Waals surface area contributed by atoms with E-state index in [0.717, 1.165) is 14.9 Å². The summed E-state index contributed by atoms with van der Waals surface area (Å²) in [6.45, 7) is 2.03. The third kappa shape index (κ3) is 1.32. The first-order valence-electron chi connectivity index (χ1n) is 5.04. The van der Waals surface area contributed by atoms with Gasteiger partial charge in [-0.3, -0.25) is 4.79 Å². The lowest BCUT2D eigenvalue weighted by Crippen LogP contribution is -2.01. The molecule has 16 heavy (non-hydrogen) atoms. The van der Waals surface area contributed by atoms with Gasteiger partial charge in [0.2, 0.25) is 0 Å². The maximum absolute atomic E-state index is 12.2. The van der Waals surface area contributed by atoms with E-state index < -0.39 is 0 Å². The Morgan fingerprint density at radius 1 is 1.19 bits per heavy atom. The lowest BCUT2D eigenvalue weighted by atomic mass is 10.1. The van der Waals surface area contributed by atoms with Crippen LogP contribution in [0.25, 0.3) is 20.3 Å². The van der Waals surface area contributed by atoms with Crippen molar-refractivity contribution in [3.63, 3.8) is 0 Å². The van der Waals surface area contributed by atoms with Gasteiger partial charge >= 0.3 is 0 Å². The van der Waals surface area contributed by atoms with E-state index in [1.165, 1.54) is 5.56 Å². The SMILES string of the molecule is Cc1ccc2c(=O)c3cccnc3sc2c1. The van der Waals surface area contributed by atoms with Crippen LogP contribution in [0.2, 0.25) is 0 Å². The topological polar surface area (TPSA) is 30.0 Å². The maximum atomic E-state index is 12.2. The Hall–Kier alpha value is -1.74. The third-order valence-corrected chi connectivity index (χ3v) is 3.68. The number of benzene rings is 1. The Kier molecular flexibility index (Phi) is 2.01. The molecule has 1 aromatic carbocycles. The molecule has 2 nitrogen and oxygen atoms in total. The number of fused-ring (bicyclic) bond motifs is 2. The van der Waals surface area contributed by atoms with E-state index >= 15 is 0 Å². The van der Waals surface area contributed by atoms with E-state index in [0.29, 0.717) is 5.39 Å². The number of hydrogen-bond donors (Lipinski definition) is 0. The number of nitrogens with zero attached hydrogens (tertiary/aromatic N) is 1. The minimum absolute atomic E-state index is 0.0804. The summed E-state index contributed by atoms with van der Waals surface area (Å²) in [5, 5.41) is 1.50. The fourth-order valence-corrected chi connectivity index (χ4v) is 2.90. The van der Waals surface area contributed by atoms with Gasteiger partial charge in [0.25, 0.3) is 0 Å². The number of hydrogen-bond acceptors (Lipinski definition) is 3. The Morgan fingerprint density at radius 3 is 2.94 bits per heavy atom. The van der Waals surface area contributed by atoms with Gasteiger partial charge in [0.1, 0.15) is 4.83 Å². The van der Waals surface area contributed by atoms with Crippen molar-refractivity contribution in [1.82, 2.24) is 4.98 Å². The van der Waals surface area contributed by atoms with Crippen LogP contribution in [0.15, 0.2) is 41.3 Å². The molecule has 3 heteroatoms. The summed E-state index contributed by atoms with van der Waals surface area (Å²) in [5.41, 5.74) is 1.25. The molecule has 78 valence electrons. The highest BCUT2D eigenvalue weighted by atomic mass is 32.1. The standard InChI is InChI=1S/C13H9NOS/c1-8-4-5-9-11(7-8)16-13-10(12(9)15)3-2-6-14-13/h2-7H,1H3. The second-order valence-corrected chi connectivity index (χ2v) is 4.82. The van der Waals surface area contributed by atoms with Gasteiger partial charge in [0.15, 0.2) is 5.43 Å². The number of pyridine rings is 1. The van der Waals surface area contributed by atoms with Crippen molar-refractivity contribution in [2.75, 3.05) is 0 Å². The first kappa shape index (κ1) is 9.48. The van der Waals surface area contributed by atoms with Crippen LogP contribution < -0.4 is 5.43 Å². The molecular weight excluding hydrogens is 218 g/mol. The summed E-state index contributed by atoms with van der Waals surface area (Å²) in [4.78, 5) is 17.2. The average molecular weight is 227 g/mol. The van der Waals surface area contributed by atoms with Gasteiger partial charge in [-0.2, -0.15) is 0 Å². The fraction of sp³-hybridized carbons (Fsp3) is 0.0769. The van der Waals surface area contributed by atoms with E-state index in [-0.39, 0.29) is 5.43 Å². The molecular formula is C13H9NOS. The van der Waals surface area contributed by atoms with Gasteiger partial charge < -0.3 is 0 Å². The van der Waals surface area contributed by atoms with Gasteiger partial charge in [-0.25, -0.2) is 4.98 Å². The lowest BCUT2D eigenvalue weighted by Gasteiger charge is -2.00. The van der Waals surface area contributed by atoms with Gasteiger partial charge in [-0.15, -0.1) is 11.3 Å². The second-order valence-electron chi connectivity index (χ2n) is 3.79. The van der Waals surface area contributed by atoms with Crippen molar-refractivity contribution >= 4 is 31.6 Å². The molecule has 0 aliphatic rings. The molecule has 2 heterocycles. The molecule has 0 aliphatic heterocycles. The predicted octanol–water partition coefficient (Wildman–Crippen LogP) is 3.12. The molecule has 0 amide bonds. The van der Waals surface area contributed by atoms with Gasteiger partial charge in [-0.1, -0.05) is 6.07 Å². The van der Waals surface area contributed by atoms with Crippen molar-refractivity contribution in [3.8, 4) is 0 Å². The van der Waals surface area contributed by atoms with Gasteiger partial charge in [0, 0.05) is 16.3 Å². The lowest BCUT2D eigenvalue weighted by molar-refractivity contribution is 1.44. The molecule has 0 N–H and O–H groups in total. The van der Waals surface area contributed by atoms with E-state index in [1.807, 2.05) is 31.2 Å². The quantitative estimate of drug-likeness (QED) is 0.552.